The van der Waals surface area contributed by atoms with Gasteiger partial charge in [0.2, 0.25) is 0 Å². The molecule has 756 valence electrons. The molecule has 9 aromatic carbocycles. The molecule has 15 rings (SSSR count). The molecule has 6 heterocycles. The lowest BCUT2D eigenvalue weighted by Crippen LogP contribution is -2.36. The number of carbonyl (C=O) groups excluding carboxylic acids is 8. The van der Waals surface area contributed by atoms with Gasteiger partial charge in [0.05, 0.1) is 63.0 Å². The zero-order valence-electron chi connectivity index (χ0n) is 80.3. The number of Topliss-reactive ketones (excluding diaryl/α,β-unsaturated/α-hetero) is 1. The molecule has 3 aliphatic rings. The Bertz CT molecular complexity index is 6630. The lowest BCUT2D eigenvalue weighted by Gasteiger charge is -2.29. The molecule has 0 aliphatic carbocycles. The molecule has 12 aromatic rings. The summed E-state index contributed by atoms with van der Waals surface area (Å²) in [6.45, 7) is 7.96. The van der Waals surface area contributed by atoms with E-state index >= 15 is 0 Å². The normalized spacial score (nSPS) is 13.2. The highest BCUT2D eigenvalue weighted by Crippen LogP contribution is 2.40. The van der Waals surface area contributed by atoms with E-state index in [0.29, 0.717) is 116 Å². The quantitative estimate of drug-likeness (QED) is 0.0126. The van der Waals surface area contributed by atoms with Gasteiger partial charge in [0.1, 0.15) is 0 Å². The molecule has 3 fully saturated rings. The molecule has 3 aromatic heterocycles. The number of aryl methyl sites for hydroxylation is 1. The van der Waals surface area contributed by atoms with E-state index in [-0.39, 0.29) is 77.2 Å². The van der Waals surface area contributed by atoms with Crippen molar-refractivity contribution in [3.05, 3.63) is 339 Å². The molecule has 0 spiro atoms. The standard InChI is InChI=1S/C40H45F3N6O4.C36H35ClF3N5O3.C34H30F3N3O4/c1-47(21-22-53-3)19-20-48(2)39(52)31-11-8-10-29(24-31)38(51)46-35-14-13-33(49-17-5-4-6-18-49)26-34(35)36-25-30(15-16-44-36)37(50)45-27-28-9-7-12-32(23-28)40(41,42)43;1-44(18-14-37)35(48)27-9-6-8-25(20-27)34(47)43-31-12-11-29(45-16-3-2-4-17-45)22-30(31)32-21-26(13-15-41-32)33(46)42-23-24-7-5-10-28(19-24)36(38,39)40;35-34(36,37)26-9-4-6-22(18-26)10-13-31(41)23-14-15-38-30(20-23)28-21-27(40-16-2-1-3-17-40)11-12-29(28)39-32(42)24-7-5-8-25(19-24)33(43)44/h7-16,23-26H,4-6,17-22,27H2,1-3H3,(H,45,50)(H,46,51);5-13,15,19-22H,2-4,14,16-18,23H2,1H3,(H,42,46)(H,43,47);4-9,11-12,14-15,18-21H,1-3,10,13,16-17H2,(H,39,42)(H,43,44). The van der Waals surface area contributed by atoms with Crippen molar-refractivity contribution in [2.24, 2.45) is 0 Å². The lowest BCUT2D eigenvalue weighted by molar-refractivity contribution is -0.138. The number of carboxylic acids is 1. The van der Waals surface area contributed by atoms with E-state index < -0.39 is 70.7 Å². The number of carbonyl (C=O) groups is 9. The predicted molar refractivity (Wildman–Crippen MR) is 541 cm³/mol. The third-order valence-corrected chi connectivity index (χ3v) is 25.1. The molecule has 0 atom stereocenters. The maximum absolute atomic E-state index is 13.7. The first-order chi connectivity index (χ1) is 69.5. The Kier molecular flexibility index (Phi) is 37.1. The number of benzene rings is 9. The van der Waals surface area contributed by atoms with Crippen LogP contribution in [0.25, 0.3) is 33.8 Å². The fraction of sp³-hybridized carbons (Fsp3) is 0.291. The van der Waals surface area contributed by atoms with Crippen molar-refractivity contribution >= 4 is 98.8 Å². The highest BCUT2D eigenvalue weighted by atomic mass is 35.5. The van der Waals surface area contributed by atoms with Crippen LogP contribution < -0.4 is 41.3 Å². The van der Waals surface area contributed by atoms with Crippen LogP contribution in [0.2, 0.25) is 0 Å². The molecular formula is C110H110ClF9N14O11. The van der Waals surface area contributed by atoms with E-state index in [9.17, 15) is 87.8 Å². The zero-order chi connectivity index (χ0) is 103. The van der Waals surface area contributed by atoms with E-state index in [1.54, 1.807) is 111 Å². The zero-order valence-corrected chi connectivity index (χ0v) is 81.0. The minimum atomic E-state index is -4.49. The number of nitrogens with one attached hydrogen (secondary N) is 5. The molecule has 0 saturated carbocycles. The fourth-order valence-electron chi connectivity index (χ4n) is 16.8. The largest absolute Gasteiger partial charge is 0.478 e. The van der Waals surface area contributed by atoms with Gasteiger partial charge in [-0.15, -0.1) is 11.6 Å². The van der Waals surface area contributed by atoms with E-state index in [4.69, 9.17) is 16.3 Å². The van der Waals surface area contributed by atoms with Gasteiger partial charge in [-0.2, -0.15) is 39.5 Å². The number of pyridine rings is 3. The van der Waals surface area contributed by atoms with Gasteiger partial charge in [0, 0.05) is 209 Å². The van der Waals surface area contributed by atoms with E-state index in [1.807, 2.05) is 49.5 Å². The summed E-state index contributed by atoms with van der Waals surface area (Å²) in [4.78, 5) is 143. The highest BCUT2D eigenvalue weighted by molar-refractivity contribution is 6.18. The average molecular weight is 2010 g/mol. The van der Waals surface area contributed by atoms with Crippen LogP contribution in [0.3, 0.4) is 0 Å². The maximum atomic E-state index is 13.7. The number of rotatable bonds is 33. The van der Waals surface area contributed by atoms with E-state index in [2.05, 4.69) is 61.1 Å². The predicted octanol–water partition coefficient (Wildman–Crippen LogP) is 21.4. The molecule has 25 nitrogen and oxygen atoms in total. The third kappa shape index (κ3) is 30.0. The van der Waals surface area contributed by atoms with Crippen LogP contribution in [0.15, 0.2) is 255 Å². The first kappa shape index (κ1) is 107. The summed E-state index contributed by atoms with van der Waals surface area (Å²) in [6, 6.07) is 59.5. The Balaban J connectivity index is 0.000000183. The monoisotopic (exact) mass is 2010 g/mol. The van der Waals surface area contributed by atoms with Gasteiger partial charge in [-0.3, -0.25) is 53.3 Å². The van der Waals surface area contributed by atoms with Crippen molar-refractivity contribution in [2.75, 3.05) is 137 Å². The molecule has 7 amide bonds. The van der Waals surface area contributed by atoms with Gasteiger partial charge >= 0.3 is 24.5 Å². The number of aromatic nitrogens is 3. The van der Waals surface area contributed by atoms with Crippen molar-refractivity contribution in [2.45, 2.75) is 102 Å². The third-order valence-electron chi connectivity index (χ3n) is 24.9. The number of aromatic carboxylic acids is 1. The first-order valence-corrected chi connectivity index (χ1v) is 47.9. The number of methoxy groups -OCH3 is 1. The molecule has 0 unspecified atom stereocenters. The van der Waals surface area contributed by atoms with Crippen LogP contribution in [0.1, 0.15) is 191 Å². The number of amides is 7. The first-order valence-electron chi connectivity index (χ1n) is 47.4. The minimum Gasteiger partial charge on any atom is -0.478 e. The number of anilines is 6. The van der Waals surface area contributed by atoms with Crippen LogP contribution in [0, 0.1) is 0 Å². The number of hydrogen-bond donors (Lipinski definition) is 6. The SMILES string of the molecule is CN(CCCl)C(=O)c1cccc(C(=O)Nc2ccc(N3CCCCC3)cc2-c2cc(C(=O)NCc3cccc(C(F)(F)F)c3)ccn2)c1.COCCN(C)CCN(C)C(=O)c1cccc(C(=O)Nc2ccc(N3CCCCC3)cc2-c2cc(C(=O)NCc3cccc(C(F)(F)F)c3)ccn2)c1.O=C(O)c1cccc(C(=O)Nc2ccc(N3CCCCC3)cc2-c2cc(C(=O)CCc3cccc(C(F)(F)F)c3)ccn2)c1. The van der Waals surface area contributed by atoms with Crippen LogP contribution in [-0.4, -0.2) is 194 Å². The molecular weight excluding hydrogens is 1900 g/mol. The topological polar surface area (TPSA) is 301 Å². The summed E-state index contributed by atoms with van der Waals surface area (Å²) in [5.74, 6) is -3.94. The summed E-state index contributed by atoms with van der Waals surface area (Å²) in [5.41, 5.74) is 8.16. The second-order valence-electron chi connectivity index (χ2n) is 35.4. The number of ether oxygens (including phenoxy) is 1. The highest BCUT2D eigenvalue weighted by Gasteiger charge is 2.34. The number of carboxylic acid groups (broad SMARTS) is 1. The molecule has 35 heteroatoms. The van der Waals surface area contributed by atoms with Crippen LogP contribution in [-0.2, 0) is 42.8 Å². The molecule has 0 radical (unpaired) electrons. The molecule has 0 bridgehead atoms. The van der Waals surface area contributed by atoms with Crippen LogP contribution >= 0.6 is 11.6 Å². The molecule has 3 saturated heterocycles. The van der Waals surface area contributed by atoms with Crippen molar-refractivity contribution in [1.82, 2.24) is 40.3 Å². The van der Waals surface area contributed by atoms with Gasteiger partial charge in [-0.1, -0.05) is 60.7 Å². The Morgan fingerprint density at radius 2 is 0.697 bits per heavy atom. The summed E-state index contributed by atoms with van der Waals surface area (Å²) < 4.78 is 124. The average Bonchev–Trinajstić information content (AvgIpc) is 0.799. The minimum absolute atomic E-state index is 0.00208. The summed E-state index contributed by atoms with van der Waals surface area (Å²) in [6.07, 6.45) is 0.944. The molecule has 3 aliphatic heterocycles. The second kappa shape index (κ2) is 50.2. The van der Waals surface area contributed by atoms with Gasteiger partial charge < -0.3 is 65.8 Å². The summed E-state index contributed by atoms with van der Waals surface area (Å²) >= 11 is 5.79. The van der Waals surface area contributed by atoms with Gasteiger partial charge in [-0.05, 0) is 264 Å². The number of nitrogens with zero attached hydrogens (tertiary/aromatic N) is 9. The lowest BCUT2D eigenvalue weighted by atomic mass is 9.99. The molecule has 145 heavy (non-hydrogen) atoms. The van der Waals surface area contributed by atoms with Gasteiger partial charge in [0.15, 0.2) is 5.78 Å². The van der Waals surface area contributed by atoms with Gasteiger partial charge in [-0.25, -0.2) is 4.79 Å². The van der Waals surface area contributed by atoms with Crippen LogP contribution in [0.5, 0.6) is 0 Å². The van der Waals surface area contributed by atoms with Gasteiger partial charge in [0.25, 0.3) is 41.4 Å². The summed E-state index contributed by atoms with van der Waals surface area (Å²) in [5, 5.41) is 23.5. The maximum Gasteiger partial charge on any atom is 0.416 e. The number of halogens is 10. The summed E-state index contributed by atoms with van der Waals surface area (Å²) in [7, 11) is 6.97. The Morgan fingerprint density at radius 3 is 1.07 bits per heavy atom. The fourth-order valence-corrected chi connectivity index (χ4v) is 17.1. The van der Waals surface area contributed by atoms with Crippen molar-refractivity contribution < 1.29 is 92.5 Å². The van der Waals surface area contributed by atoms with E-state index in [0.717, 1.165) is 157 Å². The number of alkyl halides is 10. The molecule has 6 N–H and O–H groups in total. The van der Waals surface area contributed by atoms with Crippen molar-refractivity contribution in [3.8, 4) is 33.8 Å². The second-order valence-corrected chi connectivity index (χ2v) is 35.7. The number of ketones is 1. The van der Waals surface area contributed by atoms with Crippen molar-refractivity contribution in [3.63, 3.8) is 0 Å². The van der Waals surface area contributed by atoms with Crippen molar-refractivity contribution in [1.29, 1.82) is 0 Å². The number of piperidine rings is 3. The smallest absolute Gasteiger partial charge is 0.416 e. The Morgan fingerprint density at radius 1 is 0.366 bits per heavy atom. The van der Waals surface area contributed by atoms with E-state index in [1.165, 1.54) is 96.3 Å². The Hall–Kier alpha value is -15.2. The Labute approximate surface area is 838 Å². The van der Waals surface area contributed by atoms with Crippen LogP contribution in [0.4, 0.5) is 73.6 Å². The number of hydrogen-bond acceptors (Lipinski definition) is 17. The number of likely N-dealkylation sites (N-methyl/N-ethyl adjacent to an activating group) is 2.